The molecule has 0 saturated heterocycles. The summed E-state index contributed by atoms with van der Waals surface area (Å²) in [6.45, 7) is 1.48. The van der Waals surface area contributed by atoms with Crippen molar-refractivity contribution in [3.05, 3.63) is 11.4 Å². The molecule has 64 valence electrons. The van der Waals surface area contributed by atoms with E-state index < -0.39 is 13.6 Å². The van der Waals surface area contributed by atoms with Crippen LogP contribution in [-0.4, -0.2) is 20.9 Å². The minimum absolute atomic E-state index is 0.0383. The third-order valence-electron chi connectivity index (χ3n) is 1.03. The lowest BCUT2D eigenvalue weighted by Crippen LogP contribution is -1.92. The average Bonchev–Trinajstić information content (AvgIpc) is 1.79. The number of hydrogen-bond acceptors (Lipinski definition) is 2. The monoisotopic (exact) mass is 180 g/mol. The Balaban J connectivity index is 4.69. The summed E-state index contributed by atoms with van der Waals surface area (Å²) in [5.41, 5.74) is 0. The molecule has 0 bridgehead atoms. The molecule has 0 atom stereocenters. The Kier molecular flexibility index (Phi) is 3.45. The van der Waals surface area contributed by atoms with E-state index in [0.717, 1.165) is 0 Å². The van der Waals surface area contributed by atoms with Gasteiger partial charge in [0, 0.05) is 11.4 Å². The van der Waals surface area contributed by atoms with Crippen LogP contribution in [0.1, 0.15) is 13.3 Å². The number of hydrogen-bond donors (Lipinski definition) is 3. The topological polar surface area (TPSA) is 94.8 Å². The molecule has 0 radical (unpaired) electrons. The van der Waals surface area contributed by atoms with Gasteiger partial charge in [-0.05, 0) is 6.42 Å². The second kappa shape index (κ2) is 3.67. The zero-order valence-corrected chi connectivity index (χ0v) is 6.78. The van der Waals surface area contributed by atoms with Gasteiger partial charge in [-0.2, -0.15) is 0 Å². The van der Waals surface area contributed by atoms with Crippen molar-refractivity contribution in [2.45, 2.75) is 13.3 Å². The molecule has 0 aliphatic carbocycles. The van der Waals surface area contributed by atoms with Crippen LogP contribution in [0.2, 0.25) is 0 Å². The zero-order chi connectivity index (χ0) is 9.07. The van der Waals surface area contributed by atoms with Gasteiger partial charge in [-0.3, -0.25) is 4.57 Å². The second-order valence-electron chi connectivity index (χ2n) is 1.87. The summed E-state index contributed by atoms with van der Waals surface area (Å²) in [7, 11) is -4.35. The summed E-state index contributed by atoms with van der Waals surface area (Å²) in [6.07, 6.45) is 0.581. The molecular formula is C5H9O5P. The first-order valence-electron chi connectivity index (χ1n) is 2.87. The molecule has 0 aliphatic heterocycles. The Labute approximate surface area is 63.5 Å². The van der Waals surface area contributed by atoms with Crippen LogP contribution in [0.3, 0.4) is 0 Å². The molecule has 0 unspecified atom stereocenters. The van der Waals surface area contributed by atoms with E-state index in [0.29, 0.717) is 6.08 Å². The molecule has 0 amide bonds. The highest BCUT2D eigenvalue weighted by Crippen LogP contribution is 2.46. The fourth-order valence-electron chi connectivity index (χ4n) is 0.535. The highest BCUT2D eigenvalue weighted by molar-refractivity contribution is 7.56. The Morgan fingerprint density at radius 3 is 2.09 bits per heavy atom. The molecule has 3 N–H and O–H groups in total. The molecular weight excluding hydrogens is 171 g/mol. The van der Waals surface area contributed by atoms with Crippen molar-refractivity contribution in [3.63, 3.8) is 0 Å². The lowest BCUT2D eigenvalue weighted by molar-refractivity contribution is -0.131. The highest BCUT2D eigenvalue weighted by atomic mass is 31.2. The summed E-state index contributed by atoms with van der Waals surface area (Å²) < 4.78 is 10.5. The van der Waals surface area contributed by atoms with Crippen LogP contribution in [0.4, 0.5) is 0 Å². The predicted octanol–water partition coefficient (Wildman–Crippen LogP) is 0.543. The maximum Gasteiger partial charge on any atom is 0.352 e. The normalized spacial score (nSPS) is 13.2. The van der Waals surface area contributed by atoms with Crippen LogP contribution in [0.25, 0.3) is 0 Å². The number of carbonyl (C=O) groups is 1. The summed E-state index contributed by atoms with van der Waals surface area (Å²) >= 11 is 0. The van der Waals surface area contributed by atoms with Crippen molar-refractivity contribution >= 4 is 13.6 Å². The number of aliphatic carboxylic acids is 1. The smallest absolute Gasteiger partial charge is 0.352 e. The van der Waals surface area contributed by atoms with Crippen molar-refractivity contribution < 1.29 is 24.3 Å². The maximum atomic E-state index is 10.5. The number of carboxylic acids is 1. The van der Waals surface area contributed by atoms with Crippen LogP contribution in [-0.2, 0) is 9.36 Å². The van der Waals surface area contributed by atoms with E-state index in [1.165, 1.54) is 6.92 Å². The van der Waals surface area contributed by atoms with E-state index in [1.54, 1.807) is 0 Å². The van der Waals surface area contributed by atoms with E-state index in [4.69, 9.17) is 14.9 Å². The maximum absolute atomic E-state index is 10.5. The van der Waals surface area contributed by atoms with Crippen LogP contribution in [0, 0.1) is 0 Å². The SMILES string of the molecule is CCC(=CC(=O)O)P(=O)(O)O. The van der Waals surface area contributed by atoms with E-state index in [2.05, 4.69) is 0 Å². The summed E-state index contributed by atoms with van der Waals surface area (Å²) in [6, 6.07) is 0. The molecule has 0 fully saturated rings. The zero-order valence-electron chi connectivity index (χ0n) is 5.89. The molecule has 0 spiro atoms. The Morgan fingerprint density at radius 2 is 2.00 bits per heavy atom. The minimum atomic E-state index is -4.35. The number of rotatable bonds is 3. The van der Waals surface area contributed by atoms with Gasteiger partial charge in [0.05, 0.1) is 0 Å². The fourth-order valence-corrected chi connectivity index (χ4v) is 1.23. The van der Waals surface area contributed by atoms with Crippen LogP contribution >= 0.6 is 7.60 Å². The molecule has 0 rings (SSSR count). The Morgan fingerprint density at radius 1 is 1.55 bits per heavy atom. The van der Waals surface area contributed by atoms with Gasteiger partial charge in [0.2, 0.25) is 0 Å². The molecule has 0 aliphatic rings. The summed E-state index contributed by atoms with van der Waals surface area (Å²) in [5.74, 6) is -1.34. The van der Waals surface area contributed by atoms with Crippen molar-refractivity contribution in [1.29, 1.82) is 0 Å². The molecule has 5 nitrogen and oxygen atoms in total. The standard InChI is InChI=1S/C5H9O5P/c1-2-4(3-5(6)7)11(8,9)10/h3H,2H2,1H3,(H,6,7)(H2,8,9,10). The molecule has 0 heterocycles. The number of carboxylic acid groups (broad SMARTS) is 1. The molecule has 6 heteroatoms. The van der Waals surface area contributed by atoms with Gasteiger partial charge in [-0.25, -0.2) is 4.79 Å². The van der Waals surface area contributed by atoms with Crippen molar-refractivity contribution in [2.24, 2.45) is 0 Å². The Hall–Kier alpha value is -0.640. The Bertz CT molecular complexity index is 225. The van der Waals surface area contributed by atoms with Gasteiger partial charge in [0.25, 0.3) is 0 Å². The molecule has 11 heavy (non-hydrogen) atoms. The van der Waals surface area contributed by atoms with E-state index in [9.17, 15) is 9.36 Å². The minimum Gasteiger partial charge on any atom is -0.478 e. The lowest BCUT2D eigenvalue weighted by Gasteiger charge is -2.04. The van der Waals surface area contributed by atoms with Crippen LogP contribution < -0.4 is 0 Å². The first kappa shape index (κ1) is 10.4. The lowest BCUT2D eigenvalue weighted by atomic mass is 10.4. The first-order chi connectivity index (χ1) is 4.88. The summed E-state index contributed by atoms with van der Waals surface area (Å²) in [5, 5.41) is 7.80. The van der Waals surface area contributed by atoms with Gasteiger partial charge < -0.3 is 14.9 Å². The highest BCUT2D eigenvalue weighted by Gasteiger charge is 2.19. The van der Waals surface area contributed by atoms with E-state index in [1.807, 2.05) is 0 Å². The van der Waals surface area contributed by atoms with Crippen LogP contribution in [0.15, 0.2) is 11.4 Å². The van der Waals surface area contributed by atoms with Gasteiger partial charge in [0.1, 0.15) is 0 Å². The predicted molar refractivity (Wildman–Crippen MR) is 38.1 cm³/mol. The van der Waals surface area contributed by atoms with Crippen molar-refractivity contribution in [1.82, 2.24) is 0 Å². The summed E-state index contributed by atoms with van der Waals surface area (Å²) in [4.78, 5) is 27.0. The molecule has 0 saturated carbocycles. The quantitative estimate of drug-likeness (QED) is 0.435. The van der Waals surface area contributed by atoms with E-state index >= 15 is 0 Å². The number of allylic oxidation sites excluding steroid dienone is 1. The van der Waals surface area contributed by atoms with Gasteiger partial charge >= 0.3 is 13.6 Å². The third kappa shape index (κ3) is 3.93. The molecule has 0 aromatic carbocycles. The fraction of sp³-hybridized carbons (Fsp3) is 0.400. The van der Waals surface area contributed by atoms with Crippen LogP contribution in [0.5, 0.6) is 0 Å². The van der Waals surface area contributed by atoms with Crippen molar-refractivity contribution in [2.75, 3.05) is 0 Å². The largest absolute Gasteiger partial charge is 0.478 e. The third-order valence-corrected chi connectivity index (χ3v) is 2.22. The van der Waals surface area contributed by atoms with Gasteiger partial charge in [-0.1, -0.05) is 6.92 Å². The average molecular weight is 180 g/mol. The van der Waals surface area contributed by atoms with Gasteiger partial charge in [0.15, 0.2) is 0 Å². The second-order valence-corrected chi connectivity index (χ2v) is 3.53. The molecule has 0 aromatic heterocycles. The van der Waals surface area contributed by atoms with Crippen molar-refractivity contribution in [3.8, 4) is 0 Å². The molecule has 0 aromatic rings. The van der Waals surface area contributed by atoms with Gasteiger partial charge in [-0.15, -0.1) is 0 Å². The van der Waals surface area contributed by atoms with E-state index in [-0.39, 0.29) is 11.7 Å². The first-order valence-corrected chi connectivity index (χ1v) is 4.48.